The average molecular weight is 194 g/mol. The number of hydrogen-bond acceptors (Lipinski definition) is 3. The fraction of sp³-hybridized carbons (Fsp3) is 0.636. The first-order valence-electron chi connectivity index (χ1n) is 5.32. The van der Waals surface area contributed by atoms with E-state index in [2.05, 4.69) is 4.90 Å². The Morgan fingerprint density at radius 1 is 1.57 bits per heavy atom. The molecule has 1 saturated heterocycles. The number of nitrogens with two attached hydrogens (primary N) is 1. The van der Waals surface area contributed by atoms with Crippen molar-refractivity contribution in [3.63, 3.8) is 0 Å². The molecule has 2 N–H and O–H groups in total. The Kier molecular flexibility index (Phi) is 3.22. The van der Waals surface area contributed by atoms with Crippen molar-refractivity contribution in [1.82, 2.24) is 4.90 Å². The van der Waals surface area contributed by atoms with Gasteiger partial charge in [0.25, 0.3) is 0 Å². The molecule has 1 fully saturated rings. The summed E-state index contributed by atoms with van der Waals surface area (Å²) in [4.78, 5) is 2.46. The molecule has 3 heteroatoms. The summed E-state index contributed by atoms with van der Waals surface area (Å²) in [6.07, 6.45) is 6.13. The molecule has 1 aromatic rings. The summed E-state index contributed by atoms with van der Waals surface area (Å²) in [6.45, 7) is 4.16. The van der Waals surface area contributed by atoms with Crippen LogP contribution in [0.4, 0.5) is 0 Å². The van der Waals surface area contributed by atoms with Crippen LogP contribution in [0, 0.1) is 5.92 Å². The molecule has 78 valence electrons. The Morgan fingerprint density at radius 2 is 2.50 bits per heavy atom. The topological polar surface area (TPSA) is 42.4 Å². The first kappa shape index (κ1) is 9.74. The second kappa shape index (κ2) is 4.62. The molecule has 1 aromatic heterocycles. The molecule has 14 heavy (non-hydrogen) atoms. The molecular formula is C11H18N2O. The smallest absolute Gasteiger partial charge is 0.0947 e. The average Bonchev–Trinajstić information content (AvgIpc) is 2.71. The second-order valence-corrected chi connectivity index (χ2v) is 4.11. The number of nitrogens with zero attached hydrogens (tertiary/aromatic N) is 1. The Labute approximate surface area is 84.9 Å². The van der Waals surface area contributed by atoms with Crippen molar-refractivity contribution < 1.29 is 4.42 Å². The Morgan fingerprint density at radius 3 is 3.21 bits per heavy atom. The van der Waals surface area contributed by atoms with Crippen molar-refractivity contribution in [3.8, 4) is 0 Å². The van der Waals surface area contributed by atoms with Crippen LogP contribution < -0.4 is 5.73 Å². The van der Waals surface area contributed by atoms with E-state index >= 15 is 0 Å². The minimum absolute atomic E-state index is 0.690. The highest BCUT2D eigenvalue weighted by molar-refractivity contribution is 5.05. The standard InChI is InChI=1S/C11H18N2O/c12-6-10-2-1-4-13(7-10)8-11-3-5-14-9-11/h3,5,9-10H,1-2,4,6-8,12H2. The molecule has 0 saturated carbocycles. The summed E-state index contributed by atoms with van der Waals surface area (Å²) in [5.41, 5.74) is 6.96. The van der Waals surface area contributed by atoms with Crippen LogP contribution in [0.1, 0.15) is 18.4 Å². The largest absolute Gasteiger partial charge is 0.472 e. The highest BCUT2D eigenvalue weighted by Crippen LogP contribution is 2.17. The number of rotatable bonds is 3. The quantitative estimate of drug-likeness (QED) is 0.792. The zero-order valence-electron chi connectivity index (χ0n) is 8.48. The fourth-order valence-electron chi connectivity index (χ4n) is 2.13. The molecule has 1 atom stereocenters. The lowest BCUT2D eigenvalue weighted by Gasteiger charge is -2.31. The minimum atomic E-state index is 0.690. The zero-order valence-corrected chi connectivity index (χ0v) is 8.48. The molecule has 0 radical (unpaired) electrons. The van der Waals surface area contributed by atoms with Crippen LogP contribution in [0.15, 0.2) is 23.0 Å². The second-order valence-electron chi connectivity index (χ2n) is 4.11. The van der Waals surface area contributed by atoms with E-state index in [1.54, 1.807) is 6.26 Å². The minimum Gasteiger partial charge on any atom is -0.472 e. The van der Waals surface area contributed by atoms with Crippen LogP contribution in [0.2, 0.25) is 0 Å². The molecule has 0 spiro atoms. The zero-order chi connectivity index (χ0) is 9.80. The van der Waals surface area contributed by atoms with Gasteiger partial charge < -0.3 is 10.2 Å². The maximum atomic E-state index is 5.69. The number of furan rings is 1. The van der Waals surface area contributed by atoms with Gasteiger partial charge in [0.05, 0.1) is 12.5 Å². The number of likely N-dealkylation sites (tertiary alicyclic amines) is 1. The van der Waals surface area contributed by atoms with Gasteiger partial charge >= 0.3 is 0 Å². The lowest BCUT2D eigenvalue weighted by Crippen LogP contribution is -2.37. The highest BCUT2D eigenvalue weighted by atomic mass is 16.3. The van der Waals surface area contributed by atoms with E-state index in [-0.39, 0.29) is 0 Å². The van der Waals surface area contributed by atoms with Crippen LogP contribution in [0.3, 0.4) is 0 Å². The Balaban J connectivity index is 1.86. The molecule has 2 heterocycles. The highest BCUT2D eigenvalue weighted by Gasteiger charge is 2.18. The third kappa shape index (κ3) is 2.36. The first-order chi connectivity index (χ1) is 6.88. The lowest BCUT2D eigenvalue weighted by atomic mass is 9.98. The first-order valence-corrected chi connectivity index (χ1v) is 5.32. The van der Waals surface area contributed by atoms with Gasteiger partial charge in [-0.2, -0.15) is 0 Å². The van der Waals surface area contributed by atoms with Crippen LogP contribution in [-0.2, 0) is 6.54 Å². The van der Waals surface area contributed by atoms with Crippen LogP contribution in [0.5, 0.6) is 0 Å². The molecule has 1 unspecified atom stereocenters. The molecule has 3 nitrogen and oxygen atoms in total. The molecule has 0 amide bonds. The van der Waals surface area contributed by atoms with Gasteiger partial charge in [-0.3, -0.25) is 4.90 Å². The van der Waals surface area contributed by atoms with Crippen LogP contribution in [-0.4, -0.2) is 24.5 Å². The van der Waals surface area contributed by atoms with E-state index in [1.165, 1.54) is 24.9 Å². The van der Waals surface area contributed by atoms with Crippen molar-refractivity contribution in [1.29, 1.82) is 0 Å². The van der Waals surface area contributed by atoms with Crippen molar-refractivity contribution in [2.45, 2.75) is 19.4 Å². The number of hydrogen-bond donors (Lipinski definition) is 1. The summed E-state index contributed by atoms with van der Waals surface area (Å²) in [7, 11) is 0. The summed E-state index contributed by atoms with van der Waals surface area (Å²) < 4.78 is 5.06. The van der Waals surface area contributed by atoms with Crippen molar-refractivity contribution in [2.24, 2.45) is 11.7 Å². The fourth-order valence-corrected chi connectivity index (χ4v) is 2.13. The monoisotopic (exact) mass is 194 g/mol. The van der Waals surface area contributed by atoms with E-state index in [9.17, 15) is 0 Å². The molecule has 2 rings (SSSR count). The van der Waals surface area contributed by atoms with Crippen LogP contribution in [0.25, 0.3) is 0 Å². The van der Waals surface area contributed by atoms with Gasteiger partial charge in [-0.25, -0.2) is 0 Å². The Hall–Kier alpha value is -0.800. The Bertz CT molecular complexity index is 258. The van der Waals surface area contributed by atoms with Gasteiger partial charge in [0, 0.05) is 18.7 Å². The third-order valence-corrected chi connectivity index (χ3v) is 2.92. The van der Waals surface area contributed by atoms with E-state index < -0.39 is 0 Å². The van der Waals surface area contributed by atoms with Gasteiger partial charge in [-0.1, -0.05) is 0 Å². The summed E-state index contributed by atoms with van der Waals surface area (Å²) in [5.74, 6) is 0.690. The summed E-state index contributed by atoms with van der Waals surface area (Å²) in [5, 5.41) is 0. The van der Waals surface area contributed by atoms with E-state index in [0.29, 0.717) is 5.92 Å². The molecular weight excluding hydrogens is 176 g/mol. The van der Waals surface area contributed by atoms with Crippen molar-refractivity contribution >= 4 is 0 Å². The van der Waals surface area contributed by atoms with E-state index in [4.69, 9.17) is 10.2 Å². The summed E-state index contributed by atoms with van der Waals surface area (Å²) in [6, 6.07) is 2.03. The molecule has 0 bridgehead atoms. The van der Waals surface area contributed by atoms with E-state index in [0.717, 1.165) is 19.6 Å². The molecule has 0 aromatic carbocycles. The predicted octanol–water partition coefficient (Wildman–Crippen LogP) is 1.45. The SMILES string of the molecule is NCC1CCCN(Cc2ccoc2)C1. The molecule has 1 aliphatic rings. The third-order valence-electron chi connectivity index (χ3n) is 2.92. The number of piperidine rings is 1. The normalized spacial score (nSPS) is 23.9. The summed E-state index contributed by atoms with van der Waals surface area (Å²) >= 11 is 0. The van der Waals surface area contributed by atoms with E-state index in [1.807, 2.05) is 12.3 Å². The molecule has 0 aliphatic carbocycles. The maximum Gasteiger partial charge on any atom is 0.0947 e. The van der Waals surface area contributed by atoms with Gasteiger partial charge in [0.15, 0.2) is 0 Å². The maximum absolute atomic E-state index is 5.69. The van der Waals surface area contributed by atoms with Crippen molar-refractivity contribution in [3.05, 3.63) is 24.2 Å². The molecule has 1 aliphatic heterocycles. The van der Waals surface area contributed by atoms with Gasteiger partial charge in [-0.15, -0.1) is 0 Å². The predicted molar refractivity (Wildman–Crippen MR) is 55.8 cm³/mol. The lowest BCUT2D eigenvalue weighted by molar-refractivity contribution is 0.170. The van der Waals surface area contributed by atoms with Gasteiger partial charge in [0.2, 0.25) is 0 Å². The van der Waals surface area contributed by atoms with Gasteiger partial charge in [0.1, 0.15) is 0 Å². The van der Waals surface area contributed by atoms with Crippen LogP contribution >= 0.6 is 0 Å². The van der Waals surface area contributed by atoms with Gasteiger partial charge in [-0.05, 0) is 37.9 Å². The van der Waals surface area contributed by atoms with Crippen molar-refractivity contribution in [2.75, 3.05) is 19.6 Å².